The minimum atomic E-state index is -1.09. The number of likely N-dealkylation sites (N-methyl/N-ethyl adjacent to an activating group) is 1. The molecule has 0 aromatic carbocycles. The van der Waals surface area contributed by atoms with Gasteiger partial charge in [0.25, 0.3) is 5.91 Å². The molecule has 7 heteroatoms. The highest BCUT2D eigenvalue weighted by molar-refractivity contribution is 6.07. The second kappa shape index (κ2) is 6.93. The van der Waals surface area contributed by atoms with Gasteiger partial charge in [-0.15, -0.1) is 0 Å². The lowest BCUT2D eigenvalue weighted by molar-refractivity contribution is -0.142. The minimum absolute atomic E-state index is 0.0741. The van der Waals surface area contributed by atoms with Gasteiger partial charge >= 0.3 is 0 Å². The van der Waals surface area contributed by atoms with E-state index in [4.69, 9.17) is 0 Å². The van der Waals surface area contributed by atoms with Crippen molar-refractivity contribution in [2.75, 3.05) is 7.05 Å². The predicted octanol–water partition coefficient (Wildman–Crippen LogP) is 0.805. The number of imide groups is 1. The summed E-state index contributed by atoms with van der Waals surface area (Å²) in [5.41, 5.74) is -0.542. The van der Waals surface area contributed by atoms with E-state index < -0.39 is 35.2 Å². The number of rotatable bonds is 5. The van der Waals surface area contributed by atoms with Crippen molar-refractivity contribution in [3.05, 3.63) is 35.7 Å². The Morgan fingerprint density at radius 1 is 1.41 bits per heavy atom. The molecule has 1 unspecified atom stereocenters. The first-order valence-corrected chi connectivity index (χ1v) is 6.51. The largest absolute Gasteiger partial charge is 0.330 e. The zero-order valence-electron chi connectivity index (χ0n) is 12.4. The van der Waals surface area contributed by atoms with Crippen LogP contribution in [0, 0.1) is 0 Å². The molecule has 0 spiro atoms. The van der Waals surface area contributed by atoms with E-state index in [1.807, 2.05) is 0 Å². The van der Waals surface area contributed by atoms with Gasteiger partial charge in [-0.3, -0.25) is 24.5 Å². The summed E-state index contributed by atoms with van der Waals surface area (Å²) in [5, 5.41) is 2.11. The first kappa shape index (κ1) is 17.5. The van der Waals surface area contributed by atoms with E-state index in [0.717, 1.165) is 4.90 Å². The van der Waals surface area contributed by atoms with Crippen molar-refractivity contribution in [2.24, 2.45) is 0 Å². The zero-order valence-corrected chi connectivity index (χ0v) is 12.4. The van der Waals surface area contributed by atoms with Gasteiger partial charge in [0.05, 0.1) is 5.57 Å². The summed E-state index contributed by atoms with van der Waals surface area (Å²) >= 11 is 0. The summed E-state index contributed by atoms with van der Waals surface area (Å²) in [6.45, 7) is 8.03. The van der Waals surface area contributed by atoms with E-state index in [9.17, 15) is 23.6 Å². The van der Waals surface area contributed by atoms with Crippen molar-refractivity contribution >= 4 is 24.0 Å². The van der Waals surface area contributed by atoms with Crippen LogP contribution in [0.25, 0.3) is 0 Å². The number of nitrogens with zero attached hydrogens (tertiary/aromatic N) is 1. The second-order valence-corrected chi connectivity index (χ2v) is 4.97. The van der Waals surface area contributed by atoms with E-state index in [1.165, 1.54) is 14.0 Å². The first-order chi connectivity index (χ1) is 10.2. The molecule has 1 aliphatic rings. The van der Waals surface area contributed by atoms with Crippen LogP contribution in [-0.2, 0) is 19.2 Å². The maximum absolute atomic E-state index is 13.6. The van der Waals surface area contributed by atoms with Crippen LogP contribution in [0.4, 0.5) is 4.39 Å². The molecular weight excluding hydrogens is 291 g/mol. The number of allylic oxidation sites excluding steroid dienone is 2. The van der Waals surface area contributed by atoms with Crippen molar-refractivity contribution < 1.29 is 23.6 Å². The molecular formula is C15H17FN2O4. The van der Waals surface area contributed by atoms with Gasteiger partial charge < -0.3 is 4.90 Å². The molecule has 1 aliphatic heterocycles. The van der Waals surface area contributed by atoms with Crippen LogP contribution in [0.1, 0.15) is 19.8 Å². The highest BCUT2D eigenvalue weighted by atomic mass is 19.1. The number of amides is 3. The summed E-state index contributed by atoms with van der Waals surface area (Å²) in [7, 11) is 1.30. The van der Waals surface area contributed by atoms with E-state index in [1.54, 1.807) is 0 Å². The van der Waals surface area contributed by atoms with Gasteiger partial charge in [0.2, 0.25) is 11.8 Å². The normalized spacial score (nSPS) is 19.0. The molecule has 22 heavy (non-hydrogen) atoms. The van der Waals surface area contributed by atoms with Crippen LogP contribution in [-0.4, -0.2) is 42.0 Å². The Balaban J connectivity index is 3.18. The molecule has 0 aromatic rings. The van der Waals surface area contributed by atoms with E-state index >= 15 is 0 Å². The number of piperidine rings is 1. The quantitative estimate of drug-likeness (QED) is 0.352. The fraction of sp³-hybridized carbons (Fsp3) is 0.333. The Bertz CT molecular complexity index is 607. The fourth-order valence-electron chi connectivity index (χ4n) is 2.12. The molecule has 1 atom stereocenters. The molecule has 1 heterocycles. The molecule has 0 saturated carbocycles. The highest BCUT2D eigenvalue weighted by Crippen LogP contribution is 2.23. The minimum Gasteiger partial charge on any atom is -0.330 e. The topological polar surface area (TPSA) is 83.6 Å². The van der Waals surface area contributed by atoms with Crippen LogP contribution >= 0.6 is 0 Å². The van der Waals surface area contributed by atoms with Crippen LogP contribution < -0.4 is 5.32 Å². The van der Waals surface area contributed by atoms with Gasteiger partial charge in [0.15, 0.2) is 6.29 Å². The summed E-state index contributed by atoms with van der Waals surface area (Å²) in [6, 6.07) is -0.919. The Labute approximate surface area is 127 Å². The molecule has 6 nitrogen and oxygen atoms in total. The van der Waals surface area contributed by atoms with Gasteiger partial charge in [-0.2, -0.15) is 0 Å². The Morgan fingerprint density at radius 3 is 2.41 bits per heavy atom. The first-order valence-electron chi connectivity index (χ1n) is 6.51. The molecule has 0 aromatic heterocycles. The molecule has 1 saturated heterocycles. The predicted molar refractivity (Wildman–Crippen MR) is 77.1 cm³/mol. The van der Waals surface area contributed by atoms with Crippen molar-refractivity contribution in [3.8, 4) is 0 Å². The van der Waals surface area contributed by atoms with Crippen LogP contribution in [0.3, 0.4) is 0 Å². The summed E-state index contributed by atoms with van der Waals surface area (Å²) in [5.74, 6) is -3.02. The Kier molecular flexibility index (Phi) is 5.50. The van der Waals surface area contributed by atoms with E-state index in [0.29, 0.717) is 6.29 Å². The zero-order chi connectivity index (χ0) is 17.0. The molecule has 0 bridgehead atoms. The number of hydrogen-bond acceptors (Lipinski definition) is 4. The van der Waals surface area contributed by atoms with Crippen molar-refractivity contribution in [1.29, 1.82) is 0 Å². The standard InChI is InChI=1S/C15H17FN2O4/c1-8(2)10(7-19)13(9(3)16)15(22)18(4)11-5-6-12(20)17-14(11)21/h7,11H,1,3,5-6H2,2,4H3,(H,17,20,21)/b13-10+. The van der Waals surface area contributed by atoms with Gasteiger partial charge in [0, 0.05) is 19.0 Å². The van der Waals surface area contributed by atoms with Crippen LogP contribution in [0.5, 0.6) is 0 Å². The maximum Gasteiger partial charge on any atom is 0.257 e. The number of carbonyl (C=O) groups excluding carboxylic acids is 4. The summed E-state index contributed by atoms with van der Waals surface area (Å²) in [4.78, 5) is 47.4. The summed E-state index contributed by atoms with van der Waals surface area (Å²) in [6.07, 6.45) is 0.520. The average Bonchev–Trinajstić information content (AvgIpc) is 2.42. The third-order valence-electron chi connectivity index (χ3n) is 3.33. The van der Waals surface area contributed by atoms with Crippen molar-refractivity contribution in [2.45, 2.75) is 25.8 Å². The fourth-order valence-corrected chi connectivity index (χ4v) is 2.12. The lowest BCUT2D eigenvalue weighted by Crippen LogP contribution is -2.53. The highest BCUT2D eigenvalue weighted by Gasteiger charge is 2.34. The number of nitrogens with one attached hydrogen (secondary N) is 1. The molecule has 118 valence electrons. The van der Waals surface area contributed by atoms with Crippen molar-refractivity contribution in [3.63, 3.8) is 0 Å². The average molecular weight is 308 g/mol. The summed E-state index contributed by atoms with van der Waals surface area (Å²) < 4.78 is 13.6. The van der Waals surface area contributed by atoms with Gasteiger partial charge in [-0.05, 0) is 18.9 Å². The molecule has 1 rings (SSSR count). The molecule has 1 N–H and O–H groups in total. The van der Waals surface area contributed by atoms with E-state index in [-0.39, 0.29) is 24.0 Å². The molecule has 0 radical (unpaired) electrons. The Hall–Kier alpha value is -2.57. The third-order valence-corrected chi connectivity index (χ3v) is 3.33. The monoisotopic (exact) mass is 308 g/mol. The third kappa shape index (κ3) is 3.55. The van der Waals surface area contributed by atoms with E-state index in [2.05, 4.69) is 18.5 Å². The molecule has 0 aliphatic carbocycles. The molecule has 3 amide bonds. The maximum atomic E-state index is 13.6. The van der Waals surface area contributed by atoms with Crippen LogP contribution in [0.2, 0.25) is 0 Å². The van der Waals surface area contributed by atoms with Gasteiger partial charge in [-0.25, -0.2) is 4.39 Å². The van der Waals surface area contributed by atoms with Gasteiger partial charge in [-0.1, -0.05) is 13.2 Å². The van der Waals surface area contributed by atoms with Crippen molar-refractivity contribution in [1.82, 2.24) is 10.2 Å². The number of aldehydes is 1. The Morgan fingerprint density at radius 2 is 2.00 bits per heavy atom. The van der Waals surface area contributed by atoms with Gasteiger partial charge in [0.1, 0.15) is 11.9 Å². The second-order valence-electron chi connectivity index (χ2n) is 4.97. The van der Waals surface area contributed by atoms with Crippen LogP contribution in [0.15, 0.2) is 35.7 Å². The number of hydrogen-bond donors (Lipinski definition) is 1. The molecule has 1 fully saturated rings. The lowest BCUT2D eigenvalue weighted by atomic mass is 9.99. The number of halogens is 1. The number of carbonyl (C=O) groups is 4. The lowest BCUT2D eigenvalue weighted by Gasteiger charge is -2.30. The SMILES string of the molecule is C=C(C)/C(C=O)=C(\C(=C)F)C(=O)N(C)C1CCC(=O)NC1=O. The smallest absolute Gasteiger partial charge is 0.257 e.